The van der Waals surface area contributed by atoms with Crippen LogP contribution in [0.15, 0.2) is 29.2 Å². The predicted octanol–water partition coefficient (Wildman–Crippen LogP) is 1.09. The van der Waals surface area contributed by atoms with E-state index in [0.29, 0.717) is 18.7 Å². The highest BCUT2D eigenvalue weighted by molar-refractivity contribution is 7.93. The predicted molar refractivity (Wildman–Crippen MR) is 75.2 cm³/mol. The van der Waals surface area contributed by atoms with Gasteiger partial charge in [0.2, 0.25) is 20.0 Å². The lowest BCUT2D eigenvalue weighted by Gasteiger charge is -2.10. The van der Waals surface area contributed by atoms with Gasteiger partial charge in [-0.15, -0.1) is 11.6 Å². The molecule has 19 heavy (non-hydrogen) atoms. The molecule has 0 aliphatic carbocycles. The molecule has 0 aliphatic heterocycles. The molecule has 1 aromatic carbocycles. The quantitative estimate of drug-likeness (QED) is 0.578. The number of rotatable bonds is 7. The van der Waals surface area contributed by atoms with Crippen LogP contribution in [0.3, 0.4) is 0 Å². The lowest BCUT2D eigenvalue weighted by molar-refractivity contribution is 0.597. The number of unbranched alkanes of at least 4 members (excludes halogenated alkanes) is 1. The summed E-state index contributed by atoms with van der Waals surface area (Å²) in [5, 5.41) is 5.02. The second-order valence-electron chi connectivity index (χ2n) is 3.86. The van der Waals surface area contributed by atoms with Crippen LogP contribution in [-0.2, 0) is 20.0 Å². The first kappa shape index (κ1) is 16.2. The van der Waals surface area contributed by atoms with Crippen molar-refractivity contribution in [2.45, 2.75) is 17.7 Å². The highest BCUT2D eigenvalue weighted by atomic mass is 35.5. The molecule has 1 aromatic rings. The summed E-state index contributed by atoms with van der Waals surface area (Å²) in [5.74, 6) is 0.252. The van der Waals surface area contributed by atoms with E-state index in [4.69, 9.17) is 16.7 Å². The van der Waals surface area contributed by atoms with Crippen molar-refractivity contribution < 1.29 is 16.8 Å². The van der Waals surface area contributed by atoms with Crippen LogP contribution >= 0.6 is 11.6 Å². The SMILES string of the molecule is NS(=O)(=O)c1ccccc1NS(=O)(=O)CCCCCl. The lowest BCUT2D eigenvalue weighted by Crippen LogP contribution is -2.20. The summed E-state index contributed by atoms with van der Waals surface area (Å²) in [4.78, 5) is -0.254. The Kier molecular flexibility index (Phi) is 5.60. The second kappa shape index (κ2) is 6.56. The summed E-state index contributed by atoms with van der Waals surface area (Å²) in [5.41, 5.74) is -0.0455. The van der Waals surface area contributed by atoms with Crippen LogP contribution in [0.25, 0.3) is 0 Å². The fourth-order valence-electron chi connectivity index (χ4n) is 1.40. The zero-order valence-corrected chi connectivity index (χ0v) is 12.4. The third-order valence-electron chi connectivity index (χ3n) is 2.26. The first-order chi connectivity index (χ1) is 8.76. The molecule has 0 saturated carbocycles. The molecule has 0 spiro atoms. The van der Waals surface area contributed by atoms with Crippen LogP contribution in [-0.4, -0.2) is 28.5 Å². The third kappa shape index (κ3) is 5.35. The van der Waals surface area contributed by atoms with Crippen LogP contribution in [0, 0.1) is 0 Å². The van der Waals surface area contributed by atoms with Gasteiger partial charge < -0.3 is 0 Å². The second-order valence-corrected chi connectivity index (χ2v) is 7.61. The molecule has 0 heterocycles. The van der Waals surface area contributed by atoms with Gasteiger partial charge in [0.25, 0.3) is 0 Å². The van der Waals surface area contributed by atoms with Gasteiger partial charge in [0.15, 0.2) is 0 Å². The van der Waals surface area contributed by atoms with Gasteiger partial charge in [0.1, 0.15) is 4.90 Å². The van der Waals surface area contributed by atoms with Crippen molar-refractivity contribution in [3.63, 3.8) is 0 Å². The Bertz CT molecular complexity index is 629. The Morgan fingerprint density at radius 3 is 2.32 bits per heavy atom. The number of anilines is 1. The molecule has 0 aromatic heterocycles. The number of alkyl halides is 1. The summed E-state index contributed by atoms with van der Waals surface area (Å²) in [6.07, 6.45) is 0.968. The minimum absolute atomic E-state index is 0.0455. The lowest BCUT2D eigenvalue weighted by atomic mass is 10.3. The van der Waals surface area contributed by atoms with Gasteiger partial charge in [0.05, 0.1) is 11.4 Å². The fourth-order valence-corrected chi connectivity index (χ4v) is 3.55. The van der Waals surface area contributed by atoms with E-state index in [0.717, 1.165) is 0 Å². The molecule has 0 bridgehead atoms. The topological polar surface area (TPSA) is 106 Å². The van der Waals surface area contributed by atoms with Crippen molar-refractivity contribution in [1.29, 1.82) is 0 Å². The van der Waals surface area contributed by atoms with Crippen molar-refractivity contribution in [2.75, 3.05) is 16.4 Å². The highest BCUT2D eigenvalue weighted by Gasteiger charge is 2.17. The minimum Gasteiger partial charge on any atom is -0.282 e. The summed E-state index contributed by atoms with van der Waals surface area (Å²) in [6, 6.07) is 5.57. The molecule has 0 saturated heterocycles. The van der Waals surface area contributed by atoms with Crippen LogP contribution in [0.1, 0.15) is 12.8 Å². The Hall–Kier alpha value is -0.830. The maximum atomic E-state index is 11.8. The maximum absolute atomic E-state index is 11.8. The smallest absolute Gasteiger partial charge is 0.240 e. The van der Waals surface area contributed by atoms with Gasteiger partial charge >= 0.3 is 0 Å². The van der Waals surface area contributed by atoms with Gasteiger partial charge in [0, 0.05) is 5.88 Å². The fraction of sp³-hybridized carbons (Fsp3) is 0.400. The summed E-state index contributed by atoms with van der Waals surface area (Å²) in [6.45, 7) is 0. The van der Waals surface area contributed by atoms with E-state index in [1.165, 1.54) is 24.3 Å². The zero-order chi connectivity index (χ0) is 14.5. The van der Waals surface area contributed by atoms with Gasteiger partial charge in [-0.25, -0.2) is 22.0 Å². The molecule has 0 atom stereocenters. The molecule has 1 rings (SSSR count). The molecule has 0 aliphatic rings. The Labute approximate surface area is 118 Å². The average Bonchev–Trinajstić information content (AvgIpc) is 2.27. The van der Waals surface area contributed by atoms with Crippen LogP contribution < -0.4 is 9.86 Å². The number of sulfonamides is 2. The Balaban J connectivity index is 2.94. The molecule has 0 unspecified atom stereocenters. The van der Waals surface area contributed by atoms with Crippen molar-refractivity contribution in [1.82, 2.24) is 0 Å². The number of nitrogens with two attached hydrogens (primary N) is 1. The van der Waals surface area contributed by atoms with Crippen molar-refractivity contribution in [3.05, 3.63) is 24.3 Å². The third-order valence-corrected chi connectivity index (χ3v) is 4.85. The van der Waals surface area contributed by atoms with Gasteiger partial charge in [-0.1, -0.05) is 12.1 Å². The van der Waals surface area contributed by atoms with E-state index >= 15 is 0 Å². The molecule has 108 valence electrons. The van der Waals surface area contributed by atoms with Crippen LogP contribution in [0.5, 0.6) is 0 Å². The van der Waals surface area contributed by atoms with E-state index in [-0.39, 0.29) is 16.3 Å². The minimum atomic E-state index is -3.98. The van der Waals surface area contributed by atoms with E-state index in [1.807, 2.05) is 0 Å². The molecular formula is C10H15ClN2O4S2. The molecule has 0 amide bonds. The first-order valence-corrected chi connectivity index (χ1v) is 9.18. The Morgan fingerprint density at radius 2 is 1.74 bits per heavy atom. The van der Waals surface area contributed by atoms with Crippen molar-refractivity contribution in [2.24, 2.45) is 5.14 Å². The van der Waals surface area contributed by atoms with E-state index in [1.54, 1.807) is 0 Å². The number of halogens is 1. The molecule has 0 radical (unpaired) electrons. The number of primary sulfonamides is 1. The van der Waals surface area contributed by atoms with Gasteiger partial charge in [-0.2, -0.15) is 0 Å². The van der Waals surface area contributed by atoms with Gasteiger partial charge in [-0.05, 0) is 25.0 Å². The monoisotopic (exact) mass is 326 g/mol. The maximum Gasteiger partial charge on any atom is 0.240 e. The largest absolute Gasteiger partial charge is 0.282 e. The highest BCUT2D eigenvalue weighted by Crippen LogP contribution is 2.20. The Morgan fingerprint density at radius 1 is 1.11 bits per heavy atom. The molecular weight excluding hydrogens is 312 g/mol. The molecule has 6 nitrogen and oxygen atoms in total. The van der Waals surface area contributed by atoms with E-state index in [2.05, 4.69) is 4.72 Å². The standard InChI is InChI=1S/C10H15ClN2O4S2/c11-7-3-4-8-18(14,15)13-9-5-1-2-6-10(9)19(12,16)17/h1-2,5-6,13H,3-4,7-8H2,(H2,12,16,17). The van der Waals surface area contributed by atoms with Crippen molar-refractivity contribution in [3.8, 4) is 0 Å². The number of hydrogen-bond donors (Lipinski definition) is 2. The number of hydrogen-bond acceptors (Lipinski definition) is 4. The molecule has 0 fully saturated rings. The molecule has 9 heteroatoms. The first-order valence-electron chi connectivity index (χ1n) is 5.44. The van der Waals surface area contributed by atoms with Crippen LogP contribution in [0.4, 0.5) is 5.69 Å². The van der Waals surface area contributed by atoms with E-state index in [9.17, 15) is 16.8 Å². The molecule has 3 N–H and O–H groups in total. The summed E-state index contributed by atoms with van der Waals surface area (Å²) < 4.78 is 48.4. The van der Waals surface area contributed by atoms with Crippen LogP contribution in [0.2, 0.25) is 0 Å². The number of para-hydroxylation sites is 1. The number of nitrogens with one attached hydrogen (secondary N) is 1. The summed E-state index contributed by atoms with van der Waals surface area (Å²) in [7, 11) is -7.60. The zero-order valence-electron chi connectivity index (χ0n) is 10.0. The normalized spacial score (nSPS) is 12.3. The van der Waals surface area contributed by atoms with Crippen molar-refractivity contribution >= 4 is 37.3 Å². The number of benzene rings is 1. The van der Waals surface area contributed by atoms with Gasteiger partial charge in [-0.3, -0.25) is 4.72 Å². The average molecular weight is 327 g/mol. The van der Waals surface area contributed by atoms with E-state index < -0.39 is 20.0 Å². The summed E-state index contributed by atoms with van der Waals surface area (Å²) >= 11 is 5.46.